The molecule has 3 rings (SSSR count). The summed E-state index contributed by atoms with van der Waals surface area (Å²) in [5.41, 5.74) is 1.41. The first-order valence-electron chi connectivity index (χ1n) is 8.46. The van der Waals surface area contributed by atoms with Crippen molar-refractivity contribution in [3.05, 3.63) is 40.4 Å². The van der Waals surface area contributed by atoms with Crippen molar-refractivity contribution in [3.63, 3.8) is 0 Å². The number of fused-ring (bicyclic) bond motifs is 1. The fourth-order valence-corrected chi connectivity index (χ4v) is 4.79. The second-order valence-corrected chi connectivity index (χ2v) is 9.10. The molecular weight excluding hydrogens is 388 g/mol. The molecule has 146 valence electrons. The second kappa shape index (κ2) is 8.44. The fourth-order valence-electron chi connectivity index (χ4n) is 2.69. The quantitative estimate of drug-likeness (QED) is 0.668. The number of ether oxygens (including phenoxy) is 1. The largest absolute Gasteiger partial charge is 0.383 e. The van der Waals surface area contributed by atoms with Crippen LogP contribution in [0.4, 0.5) is 5.13 Å². The Morgan fingerprint density at radius 1 is 1.33 bits per heavy atom. The number of methoxy groups -OCH3 is 1. The molecule has 0 saturated carbocycles. The van der Waals surface area contributed by atoms with Gasteiger partial charge in [0.15, 0.2) is 5.13 Å². The minimum absolute atomic E-state index is 0.0999. The van der Waals surface area contributed by atoms with Crippen LogP contribution in [-0.2, 0) is 27.7 Å². The summed E-state index contributed by atoms with van der Waals surface area (Å²) in [6, 6.07) is 5.79. The Morgan fingerprint density at radius 2 is 2.07 bits per heavy atom. The van der Waals surface area contributed by atoms with Crippen molar-refractivity contribution in [3.8, 4) is 0 Å². The molecule has 1 amide bonds. The number of nitrogens with one attached hydrogen (secondary N) is 2. The van der Waals surface area contributed by atoms with Crippen molar-refractivity contribution in [2.24, 2.45) is 0 Å². The van der Waals surface area contributed by atoms with E-state index in [1.807, 2.05) is 0 Å². The maximum Gasteiger partial charge on any atom is 0.257 e. The van der Waals surface area contributed by atoms with Crippen molar-refractivity contribution in [1.29, 1.82) is 0 Å². The van der Waals surface area contributed by atoms with Crippen LogP contribution in [0, 0.1) is 0 Å². The Bertz CT molecular complexity index is 910. The lowest BCUT2D eigenvalue weighted by Crippen LogP contribution is -2.27. The van der Waals surface area contributed by atoms with E-state index in [0.717, 1.165) is 25.2 Å². The summed E-state index contributed by atoms with van der Waals surface area (Å²) in [7, 11) is -0.0628. The van der Waals surface area contributed by atoms with Crippen LogP contribution in [0.1, 0.15) is 20.9 Å². The molecule has 27 heavy (non-hydrogen) atoms. The maximum atomic E-state index is 12.4. The Kier molecular flexibility index (Phi) is 6.22. The minimum atomic E-state index is -3.62. The first-order valence-corrected chi connectivity index (χ1v) is 10.8. The standard InChI is InChI=1S/C17H22N4O4S2/c1-21-9-7-14-15(11-21)26-17(19-14)20-16(22)12-3-5-13(6-4-12)27(23,24)18-8-10-25-2/h3-6,18H,7-11H2,1-2H3,(H,19,20,22). The van der Waals surface area contributed by atoms with Crippen molar-refractivity contribution < 1.29 is 17.9 Å². The van der Waals surface area contributed by atoms with E-state index in [-0.39, 0.29) is 24.0 Å². The predicted molar refractivity (Wildman–Crippen MR) is 104 cm³/mol. The van der Waals surface area contributed by atoms with Crippen LogP contribution in [0.3, 0.4) is 0 Å². The van der Waals surface area contributed by atoms with Gasteiger partial charge in [-0.2, -0.15) is 0 Å². The van der Waals surface area contributed by atoms with Gasteiger partial charge in [0.1, 0.15) is 0 Å². The number of aromatic nitrogens is 1. The number of hydrogen-bond donors (Lipinski definition) is 2. The third-order valence-corrected chi connectivity index (χ3v) is 6.64. The highest BCUT2D eigenvalue weighted by Crippen LogP contribution is 2.28. The summed E-state index contributed by atoms with van der Waals surface area (Å²) in [5.74, 6) is -0.314. The summed E-state index contributed by atoms with van der Waals surface area (Å²) in [6.07, 6.45) is 0.876. The van der Waals surface area contributed by atoms with Crippen LogP contribution in [-0.4, -0.2) is 58.1 Å². The van der Waals surface area contributed by atoms with Crippen molar-refractivity contribution in [2.45, 2.75) is 17.9 Å². The average molecular weight is 411 g/mol. The Balaban J connectivity index is 1.66. The molecule has 0 bridgehead atoms. The van der Waals surface area contributed by atoms with Crippen molar-refractivity contribution >= 4 is 32.4 Å². The van der Waals surface area contributed by atoms with E-state index in [4.69, 9.17) is 4.74 Å². The number of anilines is 1. The van der Waals surface area contributed by atoms with Crippen molar-refractivity contribution in [2.75, 3.05) is 39.2 Å². The molecule has 0 unspecified atom stereocenters. The van der Waals surface area contributed by atoms with Gasteiger partial charge in [-0.1, -0.05) is 0 Å². The van der Waals surface area contributed by atoms with Crippen LogP contribution in [0.2, 0.25) is 0 Å². The van der Waals surface area contributed by atoms with Crippen LogP contribution < -0.4 is 10.0 Å². The van der Waals surface area contributed by atoms with Gasteiger partial charge in [0.2, 0.25) is 10.0 Å². The normalized spacial score (nSPS) is 14.7. The van der Waals surface area contributed by atoms with Gasteiger partial charge in [-0.15, -0.1) is 11.3 Å². The zero-order valence-corrected chi connectivity index (χ0v) is 16.8. The van der Waals surface area contributed by atoms with Crippen molar-refractivity contribution in [1.82, 2.24) is 14.6 Å². The first-order chi connectivity index (χ1) is 12.9. The Labute approximate surface area is 162 Å². The molecule has 8 nitrogen and oxygen atoms in total. The molecule has 1 aliphatic rings. The van der Waals surface area contributed by atoms with Crippen LogP contribution in [0.25, 0.3) is 0 Å². The second-order valence-electron chi connectivity index (χ2n) is 6.25. The summed E-state index contributed by atoms with van der Waals surface area (Å²) >= 11 is 1.48. The summed E-state index contributed by atoms with van der Waals surface area (Å²) in [5, 5.41) is 3.37. The van der Waals surface area contributed by atoms with Gasteiger partial charge in [-0.25, -0.2) is 18.1 Å². The summed E-state index contributed by atoms with van der Waals surface area (Å²) in [4.78, 5) is 20.4. The summed E-state index contributed by atoms with van der Waals surface area (Å²) < 4.78 is 31.5. The molecule has 0 radical (unpaired) electrons. The van der Waals surface area contributed by atoms with E-state index in [1.54, 1.807) is 0 Å². The van der Waals surface area contributed by atoms with E-state index in [0.29, 0.717) is 10.7 Å². The topological polar surface area (TPSA) is 101 Å². The SMILES string of the molecule is COCCNS(=O)(=O)c1ccc(C(=O)Nc2nc3c(s2)CN(C)CC3)cc1. The number of rotatable bonds is 7. The monoisotopic (exact) mass is 410 g/mol. The fraction of sp³-hybridized carbons (Fsp3) is 0.412. The number of thiazole rings is 1. The molecule has 2 N–H and O–H groups in total. The van der Waals surface area contributed by atoms with Gasteiger partial charge in [0.25, 0.3) is 5.91 Å². The van der Waals surface area contributed by atoms with Gasteiger partial charge in [-0.05, 0) is 31.3 Å². The van der Waals surface area contributed by atoms with E-state index < -0.39 is 10.0 Å². The molecule has 10 heteroatoms. The van der Waals surface area contributed by atoms with E-state index in [1.165, 1.54) is 47.6 Å². The highest BCUT2D eigenvalue weighted by atomic mass is 32.2. The zero-order valence-electron chi connectivity index (χ0n) is 15.2. The number of hydrogen-bond acceptors (Lipinski definition) is 7. The number of amides is 1. The summed E-state index contributed by atoms with van der Waals surface area (Å²) in [6.45, 7) is 2.27. The van der Waals surface area contributed by atoms with Gasteiger partial charge >= 0.3 is 0 Å². The zero-order chi connectivity index (χ0) is 19.4. The molecule has 1 aromatic heterocycles. The molecule has 2 heterocycles. The third-order valence-electron chi connectivity index (χ3n) is 4.17. The Morgan fingerprint density at radius 3 is 2.78 bits per heavy atom. The maximum absolute atomic E-state index is 12.4. The Hall–Kier alpha value is -1.85. The van der Waals surface area contributed by atoms with Gasteiger partial charge in [0, 0.05) is 43.6 Å². The highest BCUT2D eigenvalue weighted by Gasteiger charge is 2.20. The molecular formula is C17H22N4O4S2. The molecule has 0 atom stereocenters. The molecule has 0 fully saturated rings. The molecule has 0 spiro atoms. The van der Waals surface area contributed by atoms with Gasteiger partial charge in [-0.3, -0.25) is 10.1 Å². The third kappa shape index (κ3) is 4.90. The first kappa shape index (κ1) is 19.9. The van der Waals surface area contributed by atoms with Crippen LogP contribution in [0.15, 0.2) is 29.2 Å². The lowest BCUT2D eigenvalue weighted by molar-refractivity contribution is 0.102. The minimum Gasteiger partial charge on any atom is -0.383 e. The van der Waals surface area contributed by atoms with Crippen LogP contribution in [0.5, 0.6) is 0 Å². The van der Waals surface area contributed by atoms with Crippen LogP contribution >= 0.6 is 11.3 Å². The van der Waals surface area contributed by atoms with Gasteiger partial charge < -0.3 is 9.64 Å². The molecule has 2 aromatic rings. The number of carbonyl (C=O) groups excluding carboxylic acids is 1. The molecule has 0 saturated heterocycles. The van der Waals surface area contributed by atoms with E-state index >= 15 is 0 Å². The number of likely N-dealkylation sites (N-methyl/N-ethyl adjacent to an activating group) is 1. The lowest BCUT2D eigenvalue weighted by Gasteiger charge is -2.20. The number of benzene rings is 1. The molecule has 1 aromatic carbocycles. The molecule has 1 aliphatic heterocycles. The number of nitrogens with zero attached hydrogens (tertiary/aromatic N) is 2. The highest BCUT2D eigenvalue weighted by molar-refractivity contribution is 7.89. The van der Waals surface area contributed by atoms with E-state index in [2.05, 4.69) is 27.0 Å². The van der Waals surface area contributed by atoms with Gasteiger partial charge in [0.05, 0.1) is 17.2 Å². The molecule has 0 aliphatic carbocycles. The van der Waals surface area contributed by atoms with E-state index in [9.17, 15) is 13.2 Å². The lowest BCUT2D eigenvalue weighted by atomic mass is 10.2. The number of carbonyl (C=O) groups is 1. The average Bonchev–Trinajstić information content (AvgIpc) is 3.03. The predicted octanol–water partition coefficient (Wildman–Crippen LogP) is 1.31. The smallest absolute Gasteiger partial charge is 0.257 e. The number of sulfonamides is 1.